The summed E-state index contributed by atoms with van der Waals surface area (Å²) in [6, 6.07) is 12.6. The molecule has 2 atom stereocenters. The Bertz CT molecular complexity index is 971. The summed E-state index contributed by atoms with van der Waals surface area (Å²) in [6.07, 6.45) is 7.16. The molecule has 2 heterocycles. The van der Waals surface area contributed by atoms with Gasteiger partial charge in [-0.05, 0) is 49.2 Å². The summed E-state index contributed by atoms with van der Waals surface area (Å²) in [4.78, 5) is 0. The monoisotopic (exact) mass is 470 g/mol. The number of benzene rings is 2. The lowest BCUT2D eigenvalue weighted by Gasteiger charge is -2.42. The lowest BCUT2D eigenvalue weighted by atomic mass is 9.86. The Balaban J connectivity index is 1.53. The van der Waals surface area contributed by atoms with Crippen molar-refractivity contribution < 1.29 is 14.2 Å². The van der Waals surface area contributed by atoms with Crippen LogP contribution >= 0.6 is 15.9 Å². The quantitative estimate of drug-likeness (QED) is 0.556. The van der Waals surface area contributed by atoms with E-state index < -0.39 is 0 Å². The van der Waals surface area contributed by atoms with Gasteiger partial charge in [0.2, 0.25) is 0 Å². The lowest BCUT2D eigenvalue weighted by molar-refractivity contribution is -0.0644. The van der Waals surface area contributed by atoms with Crippen LogP contribution in [-0.4, -0.2) is 31.2 Å². The first kappa shape index (κ1) is 19.7. The highest BCUT2D eigenvalue weighted by Crippen LogP contribution is 2.47. The second kappa shape index (κ2) is 8.14. The number of ether oxygens (including phenoxy) is 3. The van der Waals surface area contributed by atoms with E-state index in [1.807, 2.05) is 12.1 Å². The number of halogens is 1. The Morgan fingerprint density at radius 3 is 2.57 bits per heavy atom. The highest BCUT2D eigenvalue weighted by molar-refractivity contribution is 9.10. The smallest absolute Gasteiger partial charge is 0.190 e. The Kier molecular flexibility index (Phi) is 5.35. The van der Waals surface area contributed by atoms with Gasteiger partial charge in [-0.1, -0.05) is 35.2 Å². The third kappa shape index (κ3) is 3.45. The molecule has 0 radical (unpaired) electrons. The van der Waals surface area contributed by atoms with E-state index in [1.54, 1.807) is 14.2 Å². The van der Waals surface area contributed by atoms with Crippen molar-refractivity contribution in [1.82, 2.24) is 5.01 Å². The van der Waals surface area contributed by atoms with Gasteiger partial charge in [0, 0.05) is 27.9 Å². The van der Waals surface area contributed by atoms with Crippen molar-refractivity contribution >= 4 is 21.6 Å². The van der Waals surface area contributed by atoms with Crippen molar-refractivity contribution in [3.63, 3.8) is 0 Å². The van der Waals surface area contributed by atoms with E-state index in [9.17, 15) is 0 Å². The molecule has 0 unspecified atom stereocenters. The van der Waals surface area contributed by atoms with Crippen molar-refractivity contribution in [2.24, 2.45) is 11.0 Å². The normalized spacial score (nSPS) is 23.3. The minimum Gasteiger partial charge on any atom is -0.493 e. The molecule has 1 aliphatic carbocycles. The average molecular weight is 471 g/mol. The zero-order valence-electron chi connectivity index (χ0n) is 17.4. The molecule has 0 spiro atoms. The highest BCUT2D eigenvalue weighted by Gasteiger charge is 2.43. The fourth-order valence-electron chi connectivity index (χ4n) is 5.01. The summed E-state index contributed by atoms with van der Waals surface area (Å²) in [6.45, 7) is 0. The first-order valence-electron chi connectivity index (χ1n) is 10.7. The van der Waals surface area contributed by atoms with Gasteiger partial charge in [-0.3, -0.25) is 0 Å². The third-order valence-electron chi connectivity index (χ3n) is 6.55. The van der Waals surface area contributed by atoms with Crippen LogP contribution in [0.5, 0.6) is 17.2 Å². The van der Waals surface area contributed by atoms with Gasteiger partial charge in [0.25, 0.3) is 0 Å². The minimum atomic E-state index is 0.00150. The average Bonchev–Trinajstić information content (AvgIpc) is 3.24. The van der Waals surface area contributed by atoms with Crippen molar-refractivity contribution in [3.05, 3.63) is 52.0 Å². The van der Waals surface area contributed by atoms with Crippen LogP contribution in [0.4, 0.5) is 0 Å². The van der Waals surface area contributed by atoms with Gasteiger partial charge in [0.15, 0.2) is 17.7 Å². The van der Waals surface area contributed by atoms with E-state index in [0.717, 1.165) is 39.4 Å². The Morgan fingerprint density at radius 2 is 1.80 bits per heavy atom. The van der Waals surface area contributed by atoms with Crippen LogP contribution in [0.3, 0.4) is 0 Å². The number of hydrazone groups is 1. The first-order chi connectivity index (χ1) is 14.7. The van der Waals surface area contributed by atoms with Crippen LogP contribution in [0.2, 0.25) is 0 Å². The number of methoxy groups -OCH3 is 2. The van der Waals surface area contributed by atoms with E-state index in [1.165, 1.54) is 37.7 Å². The van der Waals surface area contributed by atoms with E-state index in [0.29, 0.717) is 5.92 Å². The van der Waals surface area contributed by atoms with Gasteiger partial charge in [-0.15, -0.1) is 0 Å². The Morgan fingerprint density at radius 1 is 1.00 bits per heavy atom. The molecule has 0 saturated heterocycles. The molecule has 1 fully saturated rings. The highest BCUT2D eigenvalue weighted by atomic mass is 79.9. The molecule has 2 aromatic carbocycles. The molecule has 2 aliphatic heterocycles. The maximum Gasteiger partial charge on any atom is 0.190 e. The molecule has 30 heavy (non-hydrogen) atoms. The first-order valence-corrected chi connectivity index (χ1v) is 11.5. The predicted molar refractivity (Wildman–Crippen MR) is 120 cm³/mol. The minimum absolute atomic E-state index is 0.00150. The van der Waals surface area contributed by atoms with Gasteiger partial charge < -0.3 is 14.2 Å². The van der Waals surface area contributed by atoms with Crippen molar-refractivity contribution in [2.75, 3.05) is 14.2 Å². The van der Waals surface area contributed by atoms with Gasteiger partial charge in [0.1, 0.15) is 5.75 Å². The third-order valence-corrected chi connectivity index (χ3v) is 7.04. The molecular weight excluding hydrogens is 444 g/mol. The molecule has 0 amide bonds. The molecule has 3 aliphatic rings. The molecule has 158 valence electrons. The SMILES string of the molecule is COc1ccc(C2=NN3[C@H](C2)c2cc(Br)ccc2O[C@H]3C2CCCCC2)cc1OC. The van der Waals surface area contributed by atoms with E-state index in [2.05, 4.69) is 45.2 Å². The fraction of sp³-hybridized carbons (Fsp3) is 0.458. The van der Waals surface area contributed by atoms with Gasteiger partial charge in [-0.25, -0.2) is 5.01 Å². The number of hydrogen-bond donors (Lipinski definition) is 0. The number of nitrogens with zero attached hydrogens (tertiary/aromatic N) is 2. The summed E-state index contributed by atoms with van der Waals surface area (Å²) in [7, 11) is 3.33. The van der Waals surface area contributed by atoms with Crippen LogP contribution in [0.1, 0.15) is 55.7 Å². The lowest BCUT2D eigenvalue weighted by Crippen LogP contribution is -2.45. The summed E-state index contributed by atoms with van der Waals surface area (Å²) in [5, 5.41) is 7.34. The summed E-state index contributed by atoms with van der Waals surface area (Å²) < 4.78 is 18.6. The Hall–Kier alpha value is -2.21. The van der Waals surface area contributed by atoms with Crippen LogP contribution in [0.15, 0.2) is 46.0 Å². The topological polar surface area (TPSA) is 43.3 Å². The molecule has 0 bridgehead atoms. The molecule has 6 heteroatoms. The van der Waals surface area contributed by atoms with E-state index in [-0.39, 0.29) is 12.3 Å². The zero-order valence-corrected chi connectivity index (χ0v) is 19.0. The summed E-state index contributed by atoms with van der Waals surface area (Å²) in [5.74, 6) is 2.98. The molecular formula is C24H27BrN2O3. The molecule has 5 rings (SSSR count). The van der Waals surface area contributed by atoms with Crippen molar-refractivity contribution in [1.29, 1.82) is 0 Å². The molecule has 1 saturated carbocycles. The van der Waals surface area contributed by atoms with Crippen LogP contribution in [0.25, 0.3) is 0 Å². The molecule has 0 N–H and O–H groups in total. The van der Waals surface area contributed by atoms with E-state index in [4.69, 9.17) is 19.3 Å². The van der Waals surface area contributed by atoms with Gasteiger partial charge >= 0.3 is 0 Å². The summed E-state index contributed by atoms with van der Waals surface area (Å²) >= 11 is 3.63. The predicted octanol–water partition coefficient (Wildman–Crippen LogP) is 5.92. The standard InChI is InChI=1S/C24H27BrN2O3/c1-28-22-10-8-16(12-23(22)29-2)19-14-20-18-13-17(25)9-11-21(18)30-24(27(20)26-19)15-6-4-3-5-7-15/h8-13,15,20,24H,3-7,14H2,1-2H3/t20-,24+/m1/s1. The van der Waals surface area contributed by atoms with Crippen LogP contribution in [0, 0.1) is 5.92 Å². The maximum atomic E-state index is 6.56. The molecule has 0 aromatic heterocycles. The fourth-order valence-corrected chi connectivity index (χ4v) is 5.39. The summed E-state index contributed by atoms with van der Waals surface area (Å²) in [5.41, 5.74) is 3.34. The largest absolute Gasteiger partial charge is 0.493 e. The second-order valence-corrected chi connectivity index (χ2v) is 9.22. The van der Waals surface area contributed by atoms with Gasteiger partial charge in [-0.2, -0.15) is 5.10 Å². The van der Waals surface area contributed by atoms with Crippen LogP contribution in [-0.2, 0) is 0 Å². The number of fused-ring (bicyclic) bond motifs is 3. The Labute approximate surface area is 186 Å². The van der Waals surface area contributed by atoms with Crippen molar-refractivity contribution in [3.8, 4) is 17.2 Å². The second-order valence-electron chi connectivity index (χ2n) is 8.31. The molecule has 5 nitrogen and oxygen atoms in total. The van der Waals surface area contributed by atoms with E-state index >= 15 is 0 Å². The van der Waals surface area contributed by atoms with Crippen LogP contribution < -0.4 is 14.2 Å². The maximum absolute atomic E-state index is 6.56. The van der Waals surface area contributed by atoms with Gasteiger partial charge in [0.05, 0.1) is 26.0 Å². The number of hydrogen-bond acceptors (Lipinski definition) is 5. The zero-order chi connectivity index (χ0) is 20.7. The number of rotatable bonds is 4. The molecule has 2 aromatic rings. The van der Waals surface area contributed by atoms with Crippen molar-refractivity contribution in [2.45, 2.75) is 50.8 Å².